The van der Waals surface area contributed by atoms with E-state index in [0.717, 1.165) is 30.5 Å². The number of nitrogens with zero attached hydrogens (tertiary/aromatic N) is 1. The van der Waals surface area contributed by atoms with E-state index in [4.69, 9.17) is 0 Å². The second-order valence-electron chi connectivity index (χ2n) is 5.79. The number of nitrogens with one attached hydrogen (secondary N) is 2. The van der Waals surface area contributed by atoms with E-state index in [2.05, 4.69) is 15.6 Å². The van der Waals surface area contributed by atoms with Gasteiger partial charge in [0.05, 0.1) is 12.1 Å². The van der Waals surface area contributed by atoms with E-state index in [1.165, 1.54) is 0 Å². The van der Waals surface area contributed by atoms with Crippen molar-refractivity contribution in [2.45, 2.75) is 38.6 Å². The Morgan fingerprint density at radius 1 is 1.50 bits per heavy atom. The first-order chi connectivity index (χ1) is 9.53. The maximum Gasteiger partial charge on any atom is 0.315 e. The fourth-order valence-corrected chi connectivity index (χ4v) is 2.26. The van der Waals surface area contributed by atoms with Crippen molar-refractivity contribution in [2.24, 2.45) is 5.92 Å². The standard InChI is InChI=1S/C15H23N3O2/c1-11-3-4-12(9-17-11)7-8-16-14(20)18-15(2,10-19)13-5-6-13/h3-4,9,13,19H,5-8,10H2,1-2H3,(H2,16,18,20). The van der Waals surface area contributed by atoms with Crippen LogP contribution in [0, 0.1) is 12.8 Å². The van der Waals surface area contributed by atoms with Gasteiger partial charge in [0.25, 0.3) is 0 Å². The van der Waals surface area contributed by atoms with E-state index in [1.54, 1.807) is 0 Å². The van der Waals surface area contributed by atoms with E-state index < -0.39 is 5.54 Å². The molecule has 1 saturated carbocycles. The van der Waals surface area contributed by atoms with Gasteiger partial charge in [-0.2, -0.15) is 0 Å². The molecule has 1 heterocycles. The van der Waals surface area contributed by atoms with Crippen LogP contribution < -0.4 is 10.6 Å². The number of aliphatic hydroxyl groups excluding tert-OH is 1. The van der Waals surface area contributed by atoms with Gasteiger partial charge >= 0.3 is 6.03 Å². The van der Waals surface area contributed by atoms with Crippen LogP contribution in [0.3, 0.4) is 0 Å². The number of hydrogen-bond donors (Lipinski definition) is 3. The maximum absolute atomic E-state index is 11.8. The summed E-state index contributed by atoms with van der Waals surface area (Å²) in [5.74, 6) is 0.402. The Kier molecular flexibility index (Phi) is 4.60. The fourth-order valence-electron chi connectivity index (χ4n) is 2.26. The number of carbonyl (C=O) groups is 1. The van der Waals surface area contributed by atoms with Crippen LogP contribution in [0.25, 0.3) is 0 Å². The predicted octanol–water partition coefficient (Wildman–Crippen LogP) is 1.39. The highest BCUT2D eigenvalue weighted by molar-refractivity contribution is 5.74. The summed E-state index contributed by atoms with van der Waals surface area (Å²) in [5, 5.41) is 15.1. The third kappa shape index (κ3) is 3.93. The minimum atomic E-state index is -0.491. The first kappa shape index (κ1) is 14.8. The van der Waals surface area contributed by atoms with Gasteiger partial charge in [0.1, 0.15) is 0 Å². The first-order valence-corrected chi connectivity index (χ1v) is 7.12. The van der Waals surface area contributed by atoms with Gasteiger partial charge < -0.3 is 15.7 Å². The third-order valence-corrected chi connectivity index (χ3v) is 3.88. The number of urea groups is 1. The molecule has 110 valence electrons. The first-order valence-electron chi connectivity index (χ1n) is 7.12. The lowest BCUT2D eigenvalue weighted by molar-refractivity contribution is 0.155. The van der Waals surface area contributed by atoms with Crippen molar-refractivity contribution in [3.63, 3.8) is 0 Å². The molecule has 0 spiro atoms. The molecule has 1 aromatic heterocycles. The Morgan fingerprint density at radius 3 is 2.80 bits per heavy atom. The van der Waals surface area contributed by atoms with Gasteiger partial charge in [-0.1, -0.05) is 6.07 Å². The lowest BCUT2D eigenvalue weighted by Gasteiger charge is -2.28. The molecule has 1 aliphatic carbocycles. The van der Waals surface area contributed by atoms with Crippen LogP contribution in [0.15, 0.2) is 18.3 Å². The van der Waals surface area contributed by atoms with Gasteiger partial charge in [-0.3, -0.25) is 4.98 Å². The van der Waals surface area contributed by atoms with Crippen LogP contribution in [0.1, 0.15) is 31.0 Å². The van der Waals surface area contributed by atoms with Gasteiger partial charge in [-0.15, -0.1) is 0 Å². The molecule has 1 atom stereocenters. The van der Waals surface area contributed by atoms with Gasteiger partial charge in [0.15, 0.2) is 0 Å². The minimum absolute atomic E-state index is 0.0209. The second-order valence-corrected chi connectivity index (χ2v) is 5.79. The zero-order valence-electron chi connectivity index (χ0n) is 12.1. The van der Waals surface area contributed by atoms with Crippen molar-refractivity contribution < 1.29 is 9.90 Å². The highest BCUT2D eigenvalue weighted by atomic mass is 16.3. The number of pyridine rings is 1. The summed E-state index contributed by atoms with van der Waals surface area (Å²) in [7, 11) is 0. The predicted molar refractivity (Wildman–Crippen MR) is 77.4 cm³/mol. The van der Waals surface area contributed by atoms with Crippen LogP contribution in [-0.4, -0.2) is 34.8 Å². The lowest BCUT2D eigenvalue weighted by Crippen LogP contribution is -2.54. The van der Waals surface area contributed by atoms with Crippen LogP contribution in [0.2, 0.25) is 0 Å². The van der Waals surface area contributed by atoms with Crippen LogP contribution in [-0.2, 0) is 6.42 Å². The molecule has 1 fully saturated rings. The molecule has 1 aliphatic rings. The monoisotopic (exact) mass is 277 g/mol. The molecule has 5 heteroatoms. The molecule has 20 heavy (non-hydrogen) atoms. The van der Waals surface area contributed by atoms with Crippen molar-refractivity contribution >= 4 is 6.03 Å². The molecule has 0 bridgehead atoms. The van der Waals surface area contributed by atoms with E-state index in [1.807, 2.05) is 32.2 Å². The summed E-state index contributed by atoms with van der Waals surface area (Å²) in [6.07, 6.45) is 4.73. The molecule has 5 nitrogen and oxygen atoms in total. The van der Waals surface area contributed by atoms with Gasteiger partial charge in [0, 0.05) is 18.4 Å². The topological polar surface area (TPSA) is 74.2 Å². The Balaban J connectivity index is 1.73. The van der Waals surface area contributed by atoms with Crippen molar-refractivity contribution in [3.8, 4) is 0 Å². The molecule has 0 radical (unpaired) electrons. The number of carbonyl (C=O) groups excluding carboxylic acids is 1. The van der Waals surface area contributed by atoms with Crippen LogP contribution in [0.5, 0.6) is 0 Å². The number of hydrogen-bond acceptors (Lipinski definition) is 3. The summed E-state index contributed by atoms with van der Waals surface area (Å²) in [4.78, 5) is 16.1. The summed E-state index contributed by atoms with van der Waals surface area (Å²) in [5.41, 5.74) is 1.60. The summed E-state index contributed by atoms with van der Waals surface area (Å²) in [6, 6.07) is 3.77. The highest BCUT2D eigenvalue weighted by Gasteiger charge is 2.42. The minimum Gasteiger partial charge on any atom is -0.394 e. The number of rotatable bonds is 6. The molecule has 0 saturated heterocycles. The second kappa shape index (κ2) is 6.22. The molecule has 2 rings (SSSR count). The fraction of sp³-hybridized carbons (Fsp3) is 0.600. The quantitative estimate of drug-likeness (QED) is 0.735. The smallest absolute Gasteiger partial charge is 0.315 e. The molecular formula is C15H23N3O2. The summed E-state index contributed by atoms with van der Waals surface area (Å²) in [6.45, 7) is 4.38. The van der Waals surface area contributed by atoms with Gasteiger partial charge in [-0.25, -0.2) is 4.79 Å². The van der Waals surface area contributed by atoms with Crippen molar-refractivity contribution in [3.05, 3.63) is 29.6 Å². The molecule has 0 aromatic carbocycles. The molecule has 0 aliphatic heterocycles. The summed E-state index contributed by atoms with van der Waals surface area (Å²) >= 11 is 0. The Labute approximate surface area is 119 Å². The molecule has 3 N–H and O–H groups in total. The van der Waals surface area contributed by atoms with E-state index in [9.17, 15) is 9.90 Å². The SMILES string of the molecule is Cc1ccc(CCNC(=O)NC(C)(CO)C2CC2)cn1. The number of aryl methyl sites for hydroxylation is 1. The van der Waals surface area contributed by atoms with Gasteiger partial charge in [-0.05, 0) is 50.7 Å². The van der Waals surface area contributed by atoms with E-state index in [0.29, 0.717) is 12.5 Å². The average molecular weight is 277 g/mol. The van der Waals surface area contributed by atoms with E-state index in [-0.39, 0.29) is 12.6 Å². The number of aromatic nitrogens is 1. The molecular weight excluding hydrogens is 254 g/mol. The molecule has 1 aromatic rings. The molecule has 1 unspecified atom stereocenters. The normalized spacial score (nSPS) is 17.4. The maximum atomic E-state index is 11.8. The van der Waals surface area contributed by atoms with Crippen molar-refractivity contribution in [1.29, 1.82) is 0 Å². The highest BCUT2D eigenvalue weighted by Crippen LogP contribution is 2.39. The zero-order valence-corrected chi connectivity index (χ0v) is 12.1. The lowest BCUT2D eigenvalue weighted by atomic mass is 9.97. The Bertz CT molecular complexity index is 457. The number of aliphatic hydroxyl groups is 1. The average Bonchev–Trinajstić information content (AvgIpc) is 3.25. The molecule has 2 amide bonds. The van der Waals surface area contributed by atoms with Gasteiger partial charge in [0.2, 0.25) is 0 Å². The van der Waals surface area contributed by atoms with Crippen molar-refractivity contribution in [1.82, 2.24) is 15.6 Å². The zero-order chi connectivity index (χ0) is 14.6. The third-order valence-electron chi connectivity index (χ3n) is 3.88. The number of amides is 2. The largest absolute Gasteiger partial charge is 0.394 e. The van der Waals surface area contributed by atoms with Crippen molar-refractivity contribution in [2.75, 3.05) is 13.2 Å². The van der Waals surface area contributed by atoms with Crippen LogP contribution in [0.4, 0.5) is 4.79 Å². The Hall–Kier alpha value is -1.62. The Morgan fingerprint density at radius 2 is 2.25 bits per heavy atom. The van der Waals surface area contributed by atoms with E-state index >= 15 is 0 Å². The van der Waals surface area contributed by atoms with Crippen LogP contribution >= 0.6 is 0 Å². The summed E-state index contributed by atoms with van der Waals surface area (Å²) < 4.78 is 0.